The standard InChI is InChI=1S/C13H17NO4/c14-7-10(15)11(16)8-1-3-9(4-2-8)13(5-6-13)12(17)18/h1-4,10-11,15-16H,5-7,14H2,(H,17,18). The van der Waals surface area contributed by atoms with E-state index in [0.29, 0.717) is 18.4 Å². The quantitative estimate of drug-likeness (QED) is 0.596. The second-order valence-electron chi connectivity index (χ2n) is 4.76. The van der Waals surface area contributed by atoms with Gasteiger partial charge in [0.15, 0.2) is 0 Å². The Morgan fingerprint density at radius 1 is 1.28 bits per heavy atom. The fourth-order valence-electron chi connectivity index (χ4n) is 2.10. The van der Waals surface area contributed by atoms with Gasteiger partial charge in [0.05, 0.1) is 11.5 Å². The number of aliphatic hydroxyl groups excluding tert-OH is 2. The van der Waals surface area contributed by atoms with Crippen LogP contribution in [0.4, 0.5) is 0 Å². The summed E-state index contributed by atoms with van der Waals surface area (Å²) in [5.41, 5.74) is 5.81. The minimum atomic E-state index is -1.04. The number of hydrogen-bond acceptors (Lipinski definition) is 4. The largest absolute Gasteiger partial charge is 0.481 e. The van der Waals surface area contributed by atoms with Crippen molar-refractivity contribution in [2.45, 2.75) is 30.5 Å². The zero-order valence-corrected chi connectivity index (χ0v) is 9.91. The maximum atomic E-state index is 11.2. The summed E-state index contributed by atoms with van der Waals surface area (Å²) < 4.78 is 0. The Morgan fingerprint density at radius 3 is 2.22 bits per heavy atom. The first-order valence-electron chi connectivity index (χ1n) is 5.91. The van der Waals surface area contributed by atoms with Crippen LogP contribution in [-0.2, 0) is 10.2 Å². The second-order valence-corrected chi connectivity index (χ2v) is 4.76. The number of rotatable bonds is 5. The summed E-state index contributed by atoms with van der Waals surface area (Å²) in [5, 5.41) is 28.4. The topological polar surface area (TPSA) is 104 Å². The van der Waals surface area contributed by atoms with Crippen molar-refractivity contribution in [2.75, 3.05) is 6.54 Å². The van der Waals surface area contributed by atoms with Crippen molar-refractivity contribution < 1.29 is 20.1 Å². The fraction of sp³-hybridized carbons (Fsp3) is 0.462. The smallest absolute Gasteiger partial charge is 0.314 e. The van der Waals surface area contributed by atoms with Crippen LogP contribution in [0, 0.1) is 0 Å². The lowest BCUT2D eigenvalue weighted by Gasteiger charge is -2.17. The Labute approximate surface area is 105 Å². The lowest BCUT2D eigenvalue weighted by Crippen LogP contribution is -2.27. The minimum absolute atomic E-state index is 0.0258. The molecule has 2 unspecified atom stereocenters. The summed E-state index contributed by atoms with van der Waals surface area (Å²) >= 11 is 0. The molecule has 0 aromatic heterocycles. The molecule has 2 rings (SSSR count). The summed E-state index contributed by atoms with van der Waals surface area (Å²) in [4.78, 5) is 11.2. The van der Waals surface area contributed by atoms with E-state index in [-0.39, 0.29) is 6.54 Å². The molecule has 1 aliphatic rings. The van der Waals surface area contributed by atoms with Gasteiger partial charge in [0.2, 0.25) is 0 Å². The van der Waals surface area contributed by atoms with Crippen LogP contribution in [0.5, 0.6) is 0 Å². The molecule has 0 spiro atoms. The highest BCUT2D eigenvalue weighted by atomic mass is 16.4. The van der Waals surface area contributed by atoms with Crippen molar-refractivity contribution in [3.63, 3.8) is 0 Å². The van der Waals surface area contributed by atoms with Gasteiger partial charge < -0.3 is 21.1 Å². The first kappa shape index (κ1) is 13.0. The van der Waals surface area contributed by atoms with Crippen LogP contribution in [0.1, 0.15) is 30.1 Å². The van der Waals surface area contributed by atoms with Gasteiger partial charge in [-0.1, -0.05) is 24.3 Å². The van der Waals surface area contributed by atoms with Gasteiger partial charge in [-0.2, -0.15) is 0 Å². The van der Waals surface area contributed by atoms with Crippen LogP contribution in [-0.4, -0.2) is 33.9 Å². The zero-order valence-electron chi connectivity index (χ0n) is 9.91. The molecule has 18 heavy (non-hydrogen) atoms. The summed E-state index contributed by atoms with van der Waals surface area (Å²) in [6, 6.07) is 6.68. The van der Waals surface area contributed by atoms with Crippen LogP contribution in [0.2, 0.25) is 0 Å². The molecule has 0 amide bonds. The molecule has 0 heterocycles. The third kappa shape index (κ3) is 2.12. The Hall–Kier alpha value is -1.43. The monoisotopic (exact) mass is 251 g/mol. The molecular formula is C13H17NO4. The number of aliphatic hydroxyl groups is 2. The Kier molecular flexibility index (Phi) is 3.38. The summed E-state index contributed by atoms with van der Waals surface area (Å²) in [5.74, 6) is -0.808. The van der Waals surface area contributed by atoms with Crippen LogP contribution < -0.4 is 5.73 Å². The minimum Gasteiger partial charge on any atom is -0.481 e. The molecule has 0 bridgehead atoms. The van der Waals surface area contributed by atoms with Gasteiger partial charge in [-0.05, 0) is 24.0 Å². The number of nitrogens with two attached hydrogens (primary N) is 1. The Balaban J connectivity index is 2.18. The van der Waals surface area contributed by atoms with E-state index < -0.39 is 23.6 Å². The number of carboxylic acids is 1. The molecule has 1 saturated carbocycles. The van der Waals surface area contributed by atoms with Gasteiger partial charge in [-0.3, -0.25) is 4.79 Å². The van der Waals surface area contributed by atoms with Crippen molar-refractivity contribution in [1.82, 2.24) is 0 Å². The number of hydrogen-bond donors (Lipinski definition) is 4. The molecule has 1 aromatic carbocycles. The van der Waals surface area contributed by atoms with E-state index in [0.717, 1.165) is 5.56 Å². The highest BCUT2D eigenvalue weighted by Gasteiger charge is 2.51. The fourth-order valence-corrected chi connectivity index (χ4v) is 2.10. The zero-order chi connectivity index (χ0) is 13.3. The van der Waals surface area contributed by atoms with Crippen molar-refractivity contribution in [2.24, 2.45) is 5.73 Å². The van der Waals surface area contributed by atoms with E-state index >= 15 is 0 Å². The van der Waals surface area contributed by atoms with Gasteiger partial charge in [0.1, 0.15) is 6.10 Å². The molecular weight excluding hydrogens is 234 g/mol. The molecule has 5 nitrogen and oxygen atoms in total. The van der Waals surface area contributed by atoms with Gasteiger partial charge >= 0.3 is 5.97 Å². The maximum absolute atomic E-state index is 11.2. The van der Waals surface area contributed by atoms with E-state index in [1.54, 1.807) is 24.3 Å². The number of aliphatic carboxylic acids is 1. The molecule has 0 radical (unpaired) electrons. The predicted molar refractivity (Wildman–Crippen MR) is 65.0 cm³/mol. The van der Waals surface area contributed by atoms with Gasteiger partial charge in [-0.15, -0.1) is 0 Å². The van der Waals surface area contributed by atoms with E-state index in [1.165, 1.54) is 0 Å². The molecule has 1 aromatic rings. The van der Waals surface area contributed by atoms with Crippen LogP contribution in [0.25, 0.3) is 0 Å². The molecule has 5 heteroatoms. The average Bonchev–Trinajstić information content (AvgIpc) is 3.18. The molecule has 1 fully saturated rings. The lowest BCUT2D eigenvalue weighted by molar-refractivity contribution is -0.140. The summed E-state index contributed by atoms with van der Waals surface area (Å²) in [6.45, 7) is -0.0258. The number of carbonyl (C=O) groups is 1. The normalized spacial score (nSPS) is 20.2. The van der Waals surface area contributed by atoms with Crippen molar-refractivity contribution in [3.8, 4) is 0 Å². The number of carboxylic acid groups (broad SMARTS) is 1. The SMILES string of the molecule is NCC(O)C(O)c1ccc(C2(C(=O)O)CC2)cc1. The van der Waals surface area contributed by atoms with Crippen LogP contribution >= 0.6 is 0 Å². The first-order valence-corrected chi connectivity index (χ1v) is 5.91. The summed E-state index contributed by atoms with van der Waals surface area (Å²) in [7, 11) is 0. The molecule has 0 aliphatic heterocycles. The molecule has 5 N–H and O–H groups in total. The van der Waals surface area contributed by atoms with Crippen molar-refractivity contribution in [1.29, 1.82) is 0 Å². The van der Waals surface area contributed by atoms with E-state index in [1.807, 2.05) is 0 Å². The van der Waals surface area contributed by atoms with Gasteiger partial charge in [-0.25, -0.2) is 0 Å². The molecule has 0 saturated heterocycles. The van der Waals surface area contributed by atoms with E-state index in [2.05, 4.69) is 0 Å². The predicted octanol–water partition coefficient (Wildman–Crippen LogP) is 0.156. The van der Waals surface area contributed by atoms with E-state index in [4.69, 9.17) is 10.8 Å². The Bertz CT molecular complexity index is 439. The third-order valence-corrected chi connectivity index (χ3v) is 3.57. The van der Waals surface area contributed by atoms with Gasteiger partial charge in [0, 0.05) is 6.54 Å². The van der Waals surface area contributed by atoms with Crippen molar-refractivity contribution >= 4 is 5.97 Å². The van der Waals surface area contributed by atoms with Crippen molar-refractivity contribution in [3.05, 3.63) is 35.4 Å². The molecule has 98 valence electrons. The highest BCUT2D eigenvalue weighted by molar-refractivity contribution is 5.84. The molecule has 2 atom stereocenters. The van der Waals surface area contributed by atoms with Crippen LogP contribution in [0.3, 0.4) is 0 Å². The van der Waals surface area contributed by atoms with Crippen LogP contribution in [0.15, 0.2) is 24.3 Å². The highest BCUT2D eigenvalue weighted by Crippen LogP contribution is 2.48. The Morgan fingerprint density at radius 2 is 1.83 bits per heavy atom. The third-order valence-electron chi connectivity index (χ3n) is 3.57. The number of benzene rings is 1. The summed E-state index contributed by atoms with van der Waals surface area (Å²) in [6.07, 6.45) is -0.750. The lowest BCUT2D eigenvalue weighted by atomic mass is 9.93. The van der Waals surface area contributed by atoms with Gasteiger partial charge in [0.25, 0.3) is 0 Å². The van der Waals surface area contributed by atoms with E-state index in [9.17, 15) is 15.0 Å². The first-order chi connectivity index (χ1) is 8.51. The maximum Gasteiger partial charge on any atom is 0.314 e. The molecule has 1 aliphatic carbocycles. The average molecular weight is 251 g/mol. The second kappa shape index (κ2) is 4.68.